The molecular formula is C16H18ClF3O2. The smallest absolute Gasteiger partial charge is 0.416 e. The molecule has 0 saturated heterocycles. The number of phenols is 2. The second kappa shape index (κ2) is 9.20. The summed E-state index contributed by atoms with van der Waals surface area (Å²) in [5, 5.41) is 17.7. The van der Waals surface area contributed by atoms with Gasteiger partial charge in [-0.1, -0.05) is 43.6 Å². The van der Waals surface area contributed by atoms with Crippen molar-refractivity contribution in [3.05, 3.63) is 58.6 Å². The molecule has 0 aromatic heterocycles. The summed E-state index contributed by atoms with van der Waals surface area (Å²) in [5.41, 5.74) is 0.0110. The highest BCUT2D eigenvalue weighted by Gasteiger charge is 2.30. The van der Waals surface area contributed by atoms with Gasteiger partial charge in [0.2, 0.25) is 0 Å². The predicted molar refractivity (Wildman–Crippen MR) is 82.3 cm³/mol. The molecule has 0 radical (unpaired) electrons. The van der Waals surface area contributed by atoms with Crippen LogP contribution in [0.25, 0.3) is 0 Å². The van der Waals surface area contributed by atoms with Crippen LogP contribution < -0.4 is 0 Å². The lowest BCUT2D eigenvalue weighted by atomic mass is 10.2. The van der Waals surface area contributed by atoms with Crippen molar-refractivity contribution in [1.82, 2.24) is 0 Å². The Morgan fingerprint density at radius 3 is 1.82 bits per heavy atom. The summed E-state index contributed by atoms with van der Waals surface area (Å²) in [4.78, 5) is 0. The van der Waals surface area contributed by atoms with Gasteiger partial charge in [-0.05, 0) is 36.8 Å². The first kappa shape index (κ1) is 20.1. The van der Waals surface area contributed by atoms with E-state index in [4.69, 9.17) is 21.8 Å². The standard InChI is InChI=1S/C7H4ClF3O.C7H8O.C2H6/c8-5-2-1-4(3-6(5)12)7(9,10)11;1-6-4-2-3-5-7(6)8;1-2/h1-3,12H;2-5,8H,1H3;1-2H3. The molecule has 122 valence electrons. The molecule has 0 amide bonds. The molecule has 0 spiro atoms. The number of hydrogen-bond donors (Lipinski definition) is 2. The molecule has 22 heavy (non-hydrogen) atoms. The van der Waals surface area contributed by atoms with E-state index in [-0.39, 0.29) is 5.02 Å². The van der Waals surface area contributed by atoms with Crippen LogP contribution in [0.3, 0.4) is 0 Å². The van der Waals surface area contributed by atoms with Crippen LogP contribution in [0.15, 0.2) is 42.5 Å². The summed E-state index contributed by atoms with van der Waals surface area (Å²) in [6.07, 6.45) is -4.44. The third-order valence-corrected chi connectivity index (χ3v) is 2.71. The number of hydrogen-bond acceptors (Lipinski definition) is 2. The summed E-state index contributed by atoms with van der Waals surface area (Å²) in [6.45, 7) is 5.87. The van der Waals surface area contributed by atoms with Gasteiger partial charge in [0, 0.05) is 0 Å². The Hall–Kier alpha value is -1.88. The molecule has 0 aliphatic carbocycles. The number of phenolic OH excluding ortho intramolecular Hbond substituents is 2. The zero-order valence-corrected chi connectivity index (χ0v) is 13.2. The van der Waals surface area contributed by atoms with Crippen molar-refractivity contribution in [3.63, 3.8) is 0 Å². The molecule has 2 aromatic rings. The van der Waals surface area contributed by atoms with E-state index in [1.807, 2.05) is 39.0 Å². The lowest BCUT2D eigenvalue weighted by Crippen LogP contribution is -2.03. The Morgan fingerprint density at radius 1 is 0.909 bits per heavy atom. The van der Waals surface area contributed by atoms with E-state index in [0.29, 0.717) is 11.8 Å². The van der Waals surface area contributed by atoms with E-state index in [0.717, 1.165) is 17.7 Å². The molecule has 6 heteroatoms. The summed E-state index contributed by atoms with van der Waals surface area (Å²) in [6, 6.07) is 9.64. The van der Waals surface area contributed by atoms with Crippen LogP contribution in [0, 0.1) is 6.92 Å². The fourth-order valence-electron chi connectivity index (χ4n) is 1.25. The number of halogens is 4. The summed E-state index contributed by atoms with van der Waals surface area (Å²) < 4.78 is 35.8. The van der Waals surface area contributed by atoms with Crippen LogP contribution in [-0.2, 0) is 6.18 Å². The molecule has 0 aliphatic heterocycles. The SMILES string of the molecule is CC.Cc1ccccc1O.Oc1cc(C(F)(F)F)ccc1Cl. The predicted octanol–water partition coefficient (Wildman–Crippen LogP) is 5.79. The van der Waals surface area contributed by atoms with Gasteiger partial charge in [0.05, 0.1) is 10.6 Å². The zero-order chi connectivity index (χ0) is 17.3. The molecule has 2 N–H and O–H groups in total. The van der Waals surface area contributed by atoms with E-state index >= 15 is 0 Å². The molecule has 2 rings (SSSR count). The van der Waals surface area contributed by atoms with Gasteiger partial charge in [0.1, 0.15) is 11.5 Å². The normalized spacial score (nSPS) is 9.95. The lowest BCUT2D eigenvalue weighted by Gasteiger charge is -2.06. The molecule has 0 aliphatic rings. The Kier molecular flexibility index (Phi) is 8.42. The van der Waals surface area contributed by atoms with Crippen LogP contribution in [-0.4, -0.2) is 10.2 Å². The number of para-hydroxylation sites is 1. The first-order valence-corrected chi connectivity index (χ1v) is 6.90. The first-order chi connectivity index (χ1) is 10.2. The van der Waals surface area contributed by atoms with Crippen molar-refractivity contribution < 1.29 is 23.4 Å². The second-order valence-electron chi connectivity index (χ2n) is 3.95. The van der Waals surface area contributed by atoms with Crippen molar-refractivity contribution >= 4 is 11.6 Å². The Bertz CT molecular complexity index is 563. The molecule has 2 nitrogen and oxygen atoms in total. The van der Waals surface area contributed by atoms with E-state index in [9.17, 15) is 13.2 Å². The van der Waals surface area contributed by atoms with Crippen LogP contribution >= 0.6 is 11.6 Å². The fourth-order valence-corrected chi connectivity index (χ4v) is 1.37. The number of alkyl halides is 3. The molecular weight excluding hydrogens is 317 g/mol. The van der Waals surface area contributed by atoms with Crippen LogP contribution in [0.2, 0.25) is 5.02 Å². The van der Waals surface area contributed by atoms with Crippen LogP contribution in [0.4, 0.5) is 13.2 Å². The van der Waals surface area contributed by atoms with Crippen LogP contribution in [0.1, 0.15) is 25.0 Å². The molecule has 2 aromatic carbocycles. The quantitative estimate of drug-likeness (QED) is 0.640. The van der Waals surface area contributed by atoms with Gasteiger partial charge < -0.3 is 10.2 Å². The minimum Gasteiger partial charge on any atom is -0.508 e. The number of benzene rings is 2. The lowest BCUT2D eigenvalue weighted by molar-refractivity contribution is -0.137. The van der Waals surface area contributed by atoms with E-state index in [2.05, 4.69) is 0 Å². The average molecular weight is 335 g/mol. The van der Waals surface area contributed by atoms with E-state index in [1.165, 1.54) is 0 Å². The third-order valence-electron chi connectivity index (χ3n) is 2.39. The van der Waals surface area contributed by atoms with Crippen molar-refractivity contribution in [3.8, 4) is 11.5 Å². The Balaban J connectivity index is 0.000000382. The number of rotatable bonds is 0. The highest BCUT2D eigenvalue weighted by atomic mass is 35.5. The van der Waals surface area contributed by atoms with Gasteiger partial charge in [-0.15, -0.1) is 0 Å². The molecule has 0 heterocycles. The van der Waals surface area contributed by atoms with Crippen molar-refractivity contribution in [1.29, 1.82) is 0 Å². The highest BCUT2D eigenvalue weighted by molar-refractivity contribution is 6.32. The van der Waals surface area contributed by atoms with Crippen molar-refractivity contribution in [2.75, 3.05) is 0 Å². The van der Waals surface area contributed by atoms with Gasteiger partial charge in [-0.3, -0.25) is 0 Å². The van der Waals surface area contributed by atoms with Crippen LogP contribution in [0.5, 0.6) is 11.5 Å². The van der Waals surface area contributed by atoms with E-state index in [1.54, 1.807) is 6.07 Å². The summed E-state index contributed by atoms with van der Waals surface area (Å²) >= 11 is 5.31. The Labute approximate surface area is 132 Å². The van der Waals surface area contributed by atoms with E-state index < -0.39 is 17.5 Å². The average Bonchev–Trinajstić information content (AvgIpc) is 2.47. The zero-order valence-electron chi connectivity index (χ0n) is 12.4. The van der Waals surface area contributed by atoms with Crippen molar-refractivity contribution in [2.45, 2.75) is 26.9 Å². The largest absolute Gasteiger partial charge is 0.508 e. The number of aryl methyl sites for hydroxylation is 1. The minimum atomic E-state index is -4.44. The maximum atomic E-state index is 11.9. The molecule has 0 bridgehead atoms. The van der Waals surface area contributed by atoms with Gasteiger partial charge in [-0.2, -0.15) is 13.2 Å². The second-order valence-corrected chi connectivity index (χ2v) is 4.36. The maximum absolute atomic E-state index is 11.9. The van der Waals surface area contributed by atoms with Gasteiger partial charge in [0.15, 0.2) is 0 Å². The molecule has 0 unspecified atom stereocenters. The van der Waals surface area contributed by atoms with Crippen molar-refractivity contribution in [2.24, 2.45) is 0 Å². The maximum Gasteiger partial charge on any atom is 0.416 e. The fraction of sp³-hybridized carbons (Fsp3) is 0.250. The molecule has 0 fully saturated rings. The third kappa shape index (κ3) is 6.72. The van der Waals surface area contributed by atoms with Gasteiger partial charge in [0.25, 0.3) is 0 Å². The first-order valence-electron chi connectivity index (χ1n) is 6.52. The Morgan fingerprint density at radius 2 is 1.45 bits per heavy atom. The summed E-state index contributed by atoms with van der Waals surface area (Å²) in [5.74, 6) is -0.195. The van der Waals surface area contributed by atoms with Gasteiger partial charge in [-0.25, -0.2) is 0 Å². The molecule has 0 saturated carbocycles. The van der Waals surface area contributed by atoms with Gasteiger partial charge >= 0.3 is 6.18 Å². The highest BCUT2D eigenvalue weighted by Crippen LogP contribution is 2.33. The summed E-state index contributed by atoms with van der Waals surface area (Å²) in [7, 11) is 0. The molecule has 0 atom stereocenters. The topological polar surface area (TPSA) is 40.5 Å². The minimum absolute atomic E-state index is 0.0944. The monoisotopic (exact) mass is 334 g/mol. The number of aromatic hydroxyl groups is 2.